The first-order chi connectivity index (χ1) is 9.63. The van der Waals surface area contributed by atoms with Gasteiger partial charge in [0, 0.05) is 16.7 Å². The van der Waals surface area contributed by atoms with E-state index in [0.29, 0.717) is 11.4 Å². The summed E-state index contributed by atoms with van der Waals surface area (Å²) in [6, 6.07) is 13.5. The van der Waals surface area contributed by atoms with Gasteiger partial charge in [-0.1, -0.05) is 28.1 Å². The number of aliphatic hydroxyl groups is 1. The van der Waals surface area contributed by atoms with Gasteiger partial charge in [0.2, 0.25) is 0 Å². The third kappa shape index (κ3) is 4.83. The molecule has 0 aliphatic carbocycles. The predicted molar refractivity (Wildman–Crippen MR) is 80.5 cm³/mol. The molecule has 3 nitrogen and oxygen atoms in total. The first kappa shape index (κ1) is 14.8. The lowest BCUT2D eigenvalue weighted by Crippen LogP contribution is -2.26. The van der Waals surface area contributed by atoms with Crippen molar-refractivity contribution in [2.45, 2.75) is 6.10 Å². The fourth-order valence-corrected chi connectivity index (χ4v) is 2.02. The summed E-state index contributed by atoms with van der Waals surface area (Å²) >= 11 is 3.35. The third-order valence-corrected chi connectivity index (χ3v) is 3.10. The predicted octanol–water partition coefficient (Wildman–Crippen LogP) is 3.44. The molecule has 20 heavy (non-hydrogen) atoms. The van der Waals surface area contributed by atoms with Crippen molar-refractivity contribution in [3.05, 3.63) is 58.8 Å². The van der Waals surface area contributed by atoms with E-state index in [9.17, 15) is 9.50 Å². The Balaban J connectivity index is 1.77. The largest absolute Gasteiger partial charge is 0.491 e. The van der Waals surface area contributed by atoms with Gasteiger partial charge in [0.25, 0.3) is 0 Å². The molecule has 5 heteroatoms. The van der Waals surface area contributed by atoms with E-state index in [1.165, 1.54) is 12.1 Å². The van der Waals surface area contributed by atoms with E-state index in [-0.39, 0.29) is 19.0 Å². The number of anilines is 1. The van der Waals surface area contributed by atoms with Crippen molar-refractivity contribution < 1.29 is 14.2 Å². The van der Waals surface area contributed by atoms with Crippen molar-refractivity contribution in [1.29, 1.82) is 0 Å². The minimum Gasteiger partial charge on any atom is -0.491 e. The number of aliphatic hydroxyl groups excluding tert-OH is 1. The lowest BCUT2D eigenvalue weighted by Gasteiger charge is -2.14. The number of rotatable bonds is 6. The molecule has 0 amide bonds. The van der Waals surface area contributed by atoms with Gasteiger partial charge in [-0.05, 0) is 36.4 Å². The van der Waals surface area contributed by atoms with E-state index in [1.54, 1.807) is 12.1 Å². The van der Waals surface area contributed by atoms with Crippen LogP contribution in [0, 0.1) is 5.82 Å². The van der Waals surface area contributed by atoms with Gasteiger partial charge in [-0.2, -0.15) is 0 Å². The van der Waals surface area contributed by atoms with Crippen molar-refractivity contribution in [1.82, 2.24) is 0 Å². The molecule has 2 aromatic carbocycles. The number of halogens is 2. The zero-order valence-corrected chi connectivity index (χ0v) is 12.3. The van der Waals surface area contributed by atoms with Crippen LogP contribution < -0.4 is 10.1 Å². The average molecular weight is 340 g/mol. The summed E-state index contributed by atoms with van der Waals surface area (Å²) in [5.41, 5.74) is 0.631. The van der Waals surface area contributed by atoms with Crippen molar-refractivity contribution in [2.75, 3.05) is 18.5 Å². The molecule has 2 N–H and O–H groups in total. The van der Waals surface area contributed by atoms with E-state index in [4.69, 9.17) is 4.74 Å². The summed E-state index contributed by atoms with van der Waals surface area (Å²) in [7, 11) is 0. The standard InChI is InChI=1S/C15H15BrFNO2/c16-11-3-1-6-15(7-11)20-10-14(19)9-18-13-5-2-4-12(17)8-13/h1-8,14,18-19H,9-10H2. The highest BCUT2D eigenvalue weighted by Gasteiger charge is 2.06. The van der Waals surface area contributed by atoms with Crippen molar-refractivity contribution >= 4 is 21.6 Å². The second-order valence-corrected chi connectivity index (χ2v) is 5.23. The molecule has 2 rings (SSSR count). The molecular formula is C15H15BrFNO2. The maximum atomic E-state index is 13.0. The number of hydrogen-bond acceptors (Lipinski definition) is 3. The zero-order chi connectivity index (χ0) is 14.4. The first-order valence-corrected chi connectivity index (χ1v) is 6.98. The highest BCUT2D eigenvalue weighted by atomic mass is 79.9. The van der Waals surface area contributed by atoms with E-state index >= 15 is 0 Å². The van der Waals surface area contributed by atoms with Crippen LogP contribution in [0.15, 0.2) is 53.0 Å². The molecule has 2 aromatic rings. The van der Waals surface area contributed by atoms with Crippen LogP contribution in [-0.2, 0) is 0 Å². The Kier molecular flexibility index (Phi) is 5.38. The molecule has 0 radical (unpaired) electrons. The van der Waals surface area contributed by atoms with Crippen molar-refractivity contribution in [3.63, 3.8) is 0 Å². The van der Waals surface area contributed by atoms with E-state index in [2.05, 4.69) is 21.2 Å². The Morgan fingerprint density at radius 2 is 2.00 bits per heavy atom. The Bertz CT molecular complexity index is 516. The fraction of sp³-hybridized carbons (Fsp3) is 0.200. The second-order valence-electron chi connectivity index (χ2n) is 4.31. The van der Waals surface area contributed by atoms with Crippen LogP contribution in [0.1, 0.15) is 0 Å². The molecule has 0 aromatic heterocycles. The average Bonchev–Trinajstić information content (AvgIpc) is 2.43. The van der Waals surface area contributed by atoms with Gasteiger partial charge in [-0.15, -0.1) is 0 Å². The molecule has 0 aliphatic rings. The van der Waals surface area contributed by atoms with Crippen LogP contribution in [-0.4, -0.2) is 24.4 Å². The Hall–Kier alpha value is -1.59. The highest BCUT2D eigenvalue weighted by Crippen LogP contribution is 2.17. The summed E-state index contributed by atoms with van der Waals surface area (Å²) in [6.45, 7) is 0.455. The number of benzene rings is 2. The maximum absolute atomic E-state index is 13.0. The van der Waals surface area contributed by atoms with Crippen molar-refractivity contribution in [2.24, 2.45) is 0 Å². The molecule has 0 saturated carbocycles. The van der Waals surface area contributed by atoms with Crippen LogP contribution in [0.2, 0.25) is 0 Å². The van der Waals surface area contributed by atoms with Crippen LogP contribution in [0.25, 0.3) is 0 Å². The molecule has 0 bridgehead atoms. The van der Waals surface area contributed by atoms with Gasteiger partial charge in [-0.3, -0.25) is 0 Å². The lowest BCUT2D eigenvalue weighted by molar-refractivity contribution is 0.117. The SMILES string of the molecule is OC(CNc1cccc(F)c1)COc1cccc(Br)c1. The second kappa shape index (κ2) is 7.26. The summed E-state index contributed by atoms with van der Waals surface area (Å²) < 4.78 is 19.4. The van der Waals surface area contributed by atoms with E-state index in [0.717, 1.165) is 4.47 Å². The summed E-state index contributed by atoms with van der Waals surface area (Å²) in [4.78, 5) is 0. The van der Waals surface area contributed by atoms with Gasteiger partial charge in [-0.25, -0.2) is 4.39 Å². The monoisotopic (exact) mass is 339 g/mol. The zero-order valence-electron chi connectivity index (χ0n) is 10.7. The van der Waals surface area contributed by atoms with Gasteiger partial charge >= 0.3 is 0 Å². The number of hydrogen-bond donors (Lipinski definition) is 2. The van der Waals surface area contributed by atoms with Crippen molar-refractivity contribution in [3.8, 4) is 5.75 Å². The minimum atomic E-state index is -0.683. The summed E-state index contributed by atoms with van der Waals surface area (Å²) in [5.74, 6) is 0.374. The summed E-state index contributed by atoms with van der Waals surface area (Å²) in [6.07, 6.45) is -0.683. The Morgan fingerprint density at radius 3 is 2.75 bits per heavy atom. The molecular weight excluding hydrogens is 325 g/mol. The highest BCUT2D eigenvalue weighted by molar-refractivity contribution is 9.10. The Morgan fingerprint density at radius 1 is 1.20 bits per heavy atom. The molecule has 1 unspecified atom stereocenters. The molecule has 1 atom stereocenters. The van der Waals surface area contributed by atoms with Gasteiger partial charge in [0.05, 0.1) is 0 Å². The smallest absolute Gasteiger partial charge is 0.125 e. The molecule has 106 valence electrons. The molecule has 0 spiro atoms. The third-order valence-electron chi connectivity index (χ3n) is 2.60. The fourth-order valence-electron chi connectivity index (χ4n) is 1.64. The Labute approximate surface area is 125 Å². The van der Waals surface area contributed by atoms with E-state index in [1.807, 2.05) is 24.3 Å². The first-order valence-electron chi connectivity index (χ1n) is 6.19. The minimum absolute atomic E-state index is 0.165. The normalized spacial score (nSPS) is 11.9. The molecule has 0 heterocycles. The maximum Gasteiger partial charge on any atom is 0.125 e. The van der Waals surface area contributed by atoms with Gasteiger partial charge in [0.1, 0.15) is 24.3 Å². The quantitative estimate of drug-likeness (QED) is 0.847. The molecule has 0 aliphatic heterocycles. The molecule has 0 saturated heterocycles. The van der Waals surface area contributed by atoms with Crippen LogP contribution in [0.3, 0.4) is 0 Å². The van der Waals surface area contributed by atoms with Gasteiger partial charge < -0.3 is 15.2 Å². The topological polar surface area (TPSA) is 41.5 Å². The molecule has 0 fully saturated rings. The van der Waals surface area contributed by atoms with E-state index < -0.39 is 6.10 Å². The van der Waals surface area contributed by atoms with Crippen LogP contribution in [0.5, 0.6) is 5.75 Å². The van der Waals surface area contributed by atoms with Crippen LogP contribution in [0.4, 0.5) is 10.1 Å². The number of ether oxygens (including phenoxy) is 1. The lowest BCUT2D eigenvalue weighted by atomic mass is 10.3. The van der Waals surface area contributed by atoms with Gasteiger partial charge in [0.15, 0.2) is 0 Å². The summed E-state index contributed by atoms with van der Waals surface area (Å²) in [5, 5.41) is 12.8. The number of nitrogens with one attached hydrogen (secondary N) is 1. The van der Waals surface area contributed by atoms with Crippen LogP contribution >= 0.6 is 15.9 Å².